The van der Waals surface area contributed by atoms with Crippen molar-refractivity contribution < 1.29 is 4.74 Å². The van der Waals surface area contributed by atoms with Gasteiger partial charge in [-0.2, -0.15) is 0 Å². The number of piperidine rings is 1. The molecule has 0 atom stereocenters. The van der Waals surface area contributed by atoms with Gasteiger partial charge in [-0.25, -0.2) is 4.98 Å². The van der Waals surface area contributed by atoms with Gasteiger partial charge in [-0.1, -0.05) is 12.1 Å². The van der Waals surface area contributed by atoms with Crippen LogP contribution < -0.4 is 20.3 Å². The summed E-state index contributed by atoms with van der Waals surface area (Å²) in [5.74, 6) is 2.78. The summed E-state index contributed by atoms with van der Waals surface area (Å²) < 4.78 is 5.20. The van der Waals surface area contributed by atoms with E-state index in [1.165, 1.54) is 30.4 Å². The van der Waals surface area contributed by atoms with Gasteiger partial charge in [0.1, 0.15) is 11.6 Å². The number of anilines is 1. The molecule has 0 radical (unpaired) electrons. The van der Waals surface area contributed by atoms with Crippen molar-refractivity contribution in [2.24, 2.45) is 4.99 Å². The maximum Gasteiger partial charge on any atom is 0.191 e. The van der Waals surface area contributed by atoms with Gasteiger partial charge in [-0.3, -0.25) is 4.99 Å². The number of methoxy groups -OCH3 is 1. The quantitative estimate of drug-likeness (QED) is 0.340. The molecule has 0 bridgehead atoms. The first kappa shape index (κ1) is 23.3. The van der Waals surface area contributed by atoms with Crippen molar-refractivity contribution in [1.82, 2.24) is 15.6 Å². The van der Waals surface area contributed by atoms with Crippen LogP contribution in [0.4, 0.5) is 5.82 Å². The Kier molecular flexibility index (Phi) is 10.0. The number of guanidine groups is 1. The van der Waals surface area contributed by atoms with E-state index >= 15 is 0 Å². The van der Waals surface area contributed by atoms with Crippen LogP contribution in [0.2, 0.25) is 0 Å². The molecule has 1 aliphatic heterocycles. The molecule has 158 valence electrons. The maximum absolute atomic E-state index is 5.20. The Morgan fingerprint density at radius 2 is 1.83 bits per heavy atom. The number of aliphatic imine (C=N–C) groups is 1. The van der Waals surface area contributed by atoms with Crippen LogP contribution in [0.3, 0.4) is 0 Å². The average molecular weight is 509 g/mol. The van der Waals surface area contributed by atoms with Crippen molar-refractivity contribution in [3.05, 3.63) is 53.7 Å². The van der Waals surface area contributed by atoms with E-state index in [0.717, 1.165) is 50.1 Å². The molecule has 1 aromatic carbocycles. The van der Waals surface area contributed by atoms with Gasteiger partial charge in [-0.15, -0.1) is 24.0 Å². The van der Waals surface area contributed by atoms with Gasteiger partial charge >= 0.3 is 0 Å². The van der Waals surface area contributed by atoms with Crippen molar-refractivity contribution in [2.45, 2.75) is 32.2 Å². The topological polar surface area (TPSA) is 61.8 Å². The number of rotatable bonds is 7. The minimum atomic E-state index is 0. The predicted molar refractivity (Wildman–Crippen MR) is 131 cm³/mol. The van der Waals surface area contributed by atoms with Gasteiger partial charge in [0.15, 0.2) is 5.96 Å². The van der Waals surface area contributed by atoms with Crippen LogP contribution in [0.5, 0.6) is 5.75 Å². The van der Waals surface area contributed by atoms with Crippen molar-refractivity contribution in [3.63, 3.8) is 0 Å². The summed E-state index contributed by atoms with van der Waals surface area (Å²) in [7, 11) is 3.49. The zero-order valence-electron chi connectivity index (χ0n) is 17.4. The average Bonchev–Trinajstić information content (AvgIpc) is 2.77. The lowest BCUT2D eigenvalue weighted by molar-refractivity contribution is 0.414. The molecule has 1 saturated heterocycles. The molecule has 6 nitrogen and oxygen atoms in total. The van der Waals surface area contributed by atoms with Crippen LogP contribution in [0, 0.1) is 0 Å². The standard InChI is InChI=1S/C22H31N5O.HI/c1-23-22(25-13-10-18-6-8-20(28-2)9-7-18)26-17-19-11-12-24-21(16-19)27-14-4-3-5-15-27;/h6-9,11-12,16H,3-5,10,13-15,17H2,1-2H3,(H2,23,25,26);1H. The second kappa shape index (κ2) is 12.5. The molecule has 0 spiro atoms. The van der Waals surface area contributed by atoms with Crippen LogP contribution >= 0.6 is 24.0 Å². The van der Waals surface area contributed by atoms with E-state index in [-0.39, 0.29) is 24.0 Å². The molecule has 0 saturated carbocycles. The summed E-state index contributed by atoms with van der Waals surface area (Å²) in [6.45, 7) is 3.77. The van der Waals surface area contributed by atoms with Crippen LogP contribution in [-0.2, 0) is 13.0 Å². The van der Waals surface area contributed by atoms with E-state index in [9.17, 15) is 0 Å². The number of pyridine rings is 1. The number of nitrogens with zero attached hydrogens (tertiary/aromatic N) is 3. The molecule has 0 aliphatic carbocycles. The Balaban J connectivity index is 0.00000300. The molecular weight excluding hydrogens is 477 g/mol. The zero-order chi connectivity index (χ0) is 19.6. The SMILES string of the molecule is CN=C(NCCc1ccc(OC)cc1)NCc1ccnc(N2CCCCC2)c1.I. The van der Waals surface area contributed by atoms with Gasteiger partial charge in [0.25, 0.3) is 0 Å². The van der Waals surface area contributed by atoms with Crippen molar-refractivity contribution >= 4 is 35.8 Å². The number of hydrogen-bond acceptors (Lipinski definition) is 4. The van der Waals surface area contributed by atoms with Crippen LogP contribution in [0.15, 0.2) is 47.6 Å². The van der Waals surface area contributed by atoms with E-state index in [0.29, 0.717) is 0 Å². The summed E-state index contributed by atoms with van der Waals surface area (Å²) >= 11 is 0. The highest BCUT2D eigenvalue weighted by Crippen LogP contribution is 2.18. The predicted octanol–water partition coefficient (Wildman–Crippen LogP) is 3.61. The summed E-state index contributed by atoms with van der Waals surface area (Å²) in [6.07, 6.45) is 6.68. The lowest BCUT2D eigenvalue weighted by Crippen LogP contribution is -2.38. The molecule has 1 aliphatic rings. The number of ether oxygens (including phenoxy) is 1. The van der Waals surface area contributed by atoms with Gasteiger partial charge in [0.05, 0.1) is 7.11 Å². The number of nitrogens with one attached hydrogen (secondary N) is 2. The summed E-state index contributed by atoms with van der Waals surface area (Å²) in [4.78, 5) is 11.3. The van der Waals surface area contributed by atoms with Gasteiger partial charge in [-0.05, 0) is 61.1 Å². The highest BCUT2D eigenvalue weighted by Gasteiger charge is 2.12. The van der Waals surface area contributed by atoms with Gasteiger partial charge < -0.3 is 20.3 Å². The second-order valence-corrected chi connectivity index (χ2v) is 7.02. The Bertz CT molecular complexity index is 760. The highest BCUT2D eigenvalue weighted by atomic mass is 127. The molecule has 2 aromatic rings. The monoisotopic (exact) mass is 509 g/mol. The van der Waals surface area contributed by atoms with Gasteiger partial charge in [0.2, 0.25) is 0 Å². The normalized spacial score (nSPS) is 14.1. The Morgan fingerprint density at radius 1 is 1.07 bits per heavy atom. The van der Waals surface area contributed by atoms with E-state index in [4.69, 9.17) is 4.74 Å². The summed E-state index contributed by atoms with van der Waals surface area (Å²) in [6, 6.07) is 12.4. The molecule has 1 aromatic heterocycles. The molecule has 0 amide bonds. The van der Waals surface area contributed by atoms with E-state index in [2.05, 4.69) is 49.8 Å². The number of benzene rings is 1. The molecule has 2 N–H and O–H groups in total. The maximum atomic E-state index is 5.20. The fourth-order valence-electron chi connectivity index (χ4n) is 3.39. The smallest absolute Gasteiger partial charge is 0.191 e. The first-order valence-electron chi connectivity index (χ1n) is 10.1. The van der Waals surface area contributed by atoms with E-state index in [1.807, 2.05) is 18.3 Å². The Labute approximate surface area is 191 Å². The Hall–Kier alpha value is -2.03. The largest absolute Gasteiger partial charge is 0.497 e. The third kappa shape index (κ3) is 7.38. The van der Waals surface area contributed by atoms with Crippen molar-refractivity contribution in [2.75, 3.05) is 38.7 Å². The molecule has 1 fully saturated rings. The Morgan fingerprint density at radius 3 is 2.52 bits per heavy atom. The molecule has 2 heterocycles. The van der Waals surface area contributed by atoms with Crippen LogP contribution in [0.25, 0.3) is 0 Å². The van der Waals surface area contributed by atoms with Crippen LogP contribution in [0.1, 0.15) is 30.4 Å². The van der Waals surface area contributed by atoms with Crippen molar-refractivity contribution in [1.29, 1.82) is 0 Å². The minimum Gasteiger partial charge on any atom is -0.497 e. The molecule has 29 heavy (non-hydrogen) atoms. The fourth-order valence-corrected chi connectivity index (χ4v) is 3.39. The van der Waals surface area contributed by atoms with Crippen molar-refractivity contribution in [3.8, 4) is 5.75 Å². The first-order valence-corrected chi connectivity index (χ1v) is 10.1. The lowest BCUT2D eigenvalue weighted by Gasteiger charge is -2.28. The third-order valence-electron chi connectivity index (χ3n) is 5.04. The van der Waals surface area contributed by atoms with Gasteiger partial charge in [0, 0.05) is 39.4 Å². The molecule has 3 rings (SSSR count). The second-order valence-electron chi connectivity index (χ2n) is 7.02. The van der Waals surface area contributed by atoms with Crippen LogP contribution in [-0.4, -0.2) is 44.7 Å². The van der Waals surface area contributed by atoms with E-state index in [1.54, 1.807) is 14.2 Å². The lowest BCUT2D eigenvalue weighted by atomic mass is 10.1. The molecular formula is C22H32IN5O. The number of hydrogen-bond donors (Lipinski definition) is 2. The minimum absolute atomic E-state index is 0. The van der Waals surface area contributed by atoms with E-state index < -0.39 is 0 Å². The first-order chi connectivity index (χ1) is 13.8. The fraction of sp³-hybridized carbons (Fsp3) is 0.455. The summed E-state index contributed by atoms with van der Waals surface area (Å²) in [5, 5.41) is 6.77. The number of aromatic nitrogens is 1. The summed E-state index contributed by atoms with van der Waals surface area (Å²) in [5.41, 5.74) is 2.48. The number of halogens is 1. The molecule has 7 heteroatoms. The zero-order valence-corrected chi connectivity index (χ0v) is 19.7. The third-order valence-corrected chi connectivity index (χ3v) is 5.04. The molecule has 0 unspecified atom stereocenters. The highest BCUT2D eigenvalue weighted by molar-refractivity contribution is 14.0.